The summed E-state index contributed by atoms with van der Waals surface area (Å²) in [6, 6.07) is 3.13. The number of rotatable bonds is 5. The molecule has 1 N–H and O–H groups in total. The van der Waals surface area contributed by atoms with E-state index >= 15 is 0 Å². The van der Waals surface area contributed by atoms with Gasteiger partial charge >= 0.3 is 0 Å². The van der Waals surface area contributed by atoms with E-state index in [1.165, 1.54) is 16.6 Å². The molecule has 0 aliphatic carbocycles. The number of carbonyl (C=O) groups is 1. The first kappa shape index (κ1) is 18.2. The smallest absolute Gasteiger partial charge is 0.246 e. The van der Waals surface area contributed by atoms with Gasteiger partial charge in [0.15, 0.2) is 0 Å². The lowest BCUT2D eigenvalue weighted by molar-refractivity contribution is -0.126. The number of hydrogen-bond acceptors (Lipinski definition) is 4. The van der Waals surface area contributed by atoms with Gasteiger partial charge in [-0.25, -0.2) is 13.4 Å². The Morgan fingerprint density at radius 2 is 2.13 bits per heavy atom. The molecule has 1 aromatic rings. The van der Waals surface area contributed by atoms with Crippen LogP contribution < -0.4 is 5.32 Å². The van der Waals surface area contributed by atoms with Crippen molar-refractivity contribution in [1.29, 1.82) is 0 Å². The molecule has 0 bridgehead atoms. The number of sulfonamides is 1. The highest BCUT2D eigenvalue weighted by Gasteiger charge is 2.33. The van der Waals surface area contributed by atoms with Crippen molar-refractivity contribution >= 4 is 27.5 Å². The summed E-state index contributed by atoms with van der Waals surface area (Å²) in [5.41, 5.74) is 0. The Bertz CT molecular complexity index is 658. The summed E-state index contributed by atoms with van der Waals surface area (Å²) in [5, 5.41) is 2.93. The van der Waals surface area contributed by atoms with Crippen LogP contribution in [0.5, 0.6) is 0 Å². The molecule has 1 saturated heterocycles. The van der Waals surface area contributed by atoms with Crippen LogP contribution in [0.2, 0.25) is 5.15 Å². The zero-order chi connectivity index (χ0) is 17.0. The van der Waals surface area contributed by atoms with E-state index in [2.05, 4.69) is 10.3 Å². The van der Waals surface area contributed by atoms with Crippen LogP contribution in [0.1, 0.15) is 33.1 Å². The zero-order valence-corrected chi connectivity index (χ0v) is 14.9. The van der Waals surface area contributed by atoms with Crippen LogP contribution in [0.15, 0.2) is 23.2 Å². The second-order valence-corrected chi connectivity index (χ2v) is 8.05. The maximum atomic E-state index is 12.6. The lowest BCUT2D eigenvalue weighted by Crippen LogP contribution is -2.44. The minimum absolute atomic E-state index is 0.0100. The summed E-state index contributed by atoms with van der Waals surface area (Å²) in [6.45, 7) is 4.60. The fraction of sp³-hybridized carbons (Fsp3) is 0.600. The Kier molecular flexibility index (Phi) is 6.00. The number of carbonyl (C=O) groups excluding carboxylic acids is 1. The number of amides is 1. The van der Waals surface area contributed by atoms with E-state index < -0.39 is 10.0 Å². The average Bonchev–Trinajstić information content (AvgIpc) is 2.55. The Morgan fingerprint density at radius 3 is 2.70 bits per heavy atom. The molecule has 1 amide bonds. The highest BCUT2D eigenvalue weighted by atomic mass is 35.5. The van der Waals surface area contributed by atoms with Gasteiger partial charge in [0.1, 0.15) is 10.0 Å². The van der Waals surface area contributed by atoms with Crippen molar-refractivity contribution in [1.82, 2.24) is 14.6 Å². The lowest BCUT2D eigenvalue weighted by atomic mass is 9.97. The summed E-state index contributed by atoms with van der Waals surface area (Å²) in [4.78, 5) is 16.0. The molecule has 1 aliphatic heterocycles. The monoisotopic (exact) mass is 359 g/mol. The van der Waals surface area contributed by atoms with Gasteiger partial charge < -0.3 is 5.32 Å². The van der Waals surface area contributed by atoms with Crippen molar-refractivity contribution in [3.05, 3.63) is 23.5 Å². The number of halogens is 1. The second-order valence-electron chi connectivity index (χ2n) is 5.79. The number of nitrogens with one attached hydrogen (secondary N) is 1. The first-order valence-electron chi connectivity index (χ1n) is 7.77. The van der Waals surface area contributed by atoms with Crippen LogP contribution in [0.4, 0.5) is 0 Å². The summed E-state index contributed by atoms with van der Waals surface area (Å²) >= 11 is 5.90. The molecule has 0 radical (unpaired) electrons. The van der Waals surface area contributed by atoms with E-state index in [1.54, 1.807) is 6.07 Å². The standard InChI is InChI=1S/C15H22ClN3O3S/c1-3-11(2)18-15(20)12-6-9-19(10-7-12)23(21,22)13-5-4-8-17-14(13)16/h4-5,8,11-12H,3,6-7,9-10H2,1-2H3,(H,18,20). The summed E-state index contributed by atoms with van der Waals surface area (Å²) < 4.78 is 26.6. The lowest BCUT2D eigenvalue weighted by Gasteiger charge is -2.31. The Hall–Kier alpha value is -1.18. The van der Waals surface area contributed by atoms with E-state index in [1.807, 2.05) is 13.8 Å². The molecule has 23 heavy (non-hydrogen) atoms. The van der Waals surface area contributed by atoms with Gasteiger partial charge in [0.2, 0.25) is 15.9 Å². The first-order valence-corrected chi connectivity index (χ1v) is 9.59. The van der Waals surface area contributed by atoms with Crippen LogP contribution >= 0.6 is 11.6 Å². The molecule has 0 spiro atoms. The van der Waals surface area contributed by atoms with Gasteiger partial charge in [0.05, 0.1) is 0 Å². The average molecular weight is 360 g/mol. The second kappa shape index (κ2) is 7.59. The number of pyridine rings is 1. The normalized spacial score (nSPS) is 18.6. The molecule has 8 heteroatoms. The summed E-state index contributed by atoms with van der Waals surface area (Å²) in [7, 11) is -3.66. The van der Waals surface area contributed by atoms with Crippen LogP contribution in [-0.2, 0) is 14.8 Å². The Labute approximate surface area is 142 Å². The van der Waals surface area contributed by atoms with E-state index in [0.717, 1.165) is 6.42 Å². The van der Waals surface area contributed by atoms with Gasteiger partial charge in [-0.15, -0.1) is 0 Å². The van der Waals surface area contributed by atoms with Gasteiger partial charge in [-0.1, -0.05) is 18.5 Å². The SMILES string of the molecule is CCC(C)NC(=O)C1CCN(S(=O)(=O)c2cccnc2Cl)CC1. The minimum Gasteiger partial charge on any atom is -0.353 e. The van der Waals surface area contributed by atoms with Crippen LogP contribution in [0.3, 0.4) is 0 Å². The maximum absolute atomic E-state index is 12.6. The quantitative estimate of drug-likeness (QED) is 0.816. The molecule has 6 nitrogen and oxygen atoms in total. The fourth-order valence-electron chi connectivity index (χ4n) is 2.52. The maximum Gasteiger partial charge on any atom is 0.246 e. The van der Waals surface area contributed by atoms with Crippen LogP contribution in [0.25, 0.3) is 0 Å². The number of piperidine rings is 1. The largest absolute Gasteiger partial charge is 0.353 e. The van der Waals surface area contributed by atoms with Gasteiger partial charge in [0.25, 0.3) is 0 Å². The third-order valence-corrected chi connectivity index (χ3v) is 6.51. The van der Waals surface area contributed by atoms with Crippen molar-refractivity contribution in [2.24, 2.45) is 5.92 Å². The van der Waals surface area contributed by atoms with Gasteiger partial charge in [0, 0.05) is 31.2 Å². The molecular weight excluding hydrogens is 338 g/mol. The molecule has 1 aliphatic rings. The van der Waals surface area contributed by atoms with Crippen molar-refractivity contribution in [2.75, 3.05) is 13.1 Å². The summed E-state index contributed by atoms with van der Waals surface area (Å²) in [5.74, 6) is -0.129. The van der Waals surface area contributed by atoms with Crippen molar-refractivity contribution in [2.45, 2.75) is 44.0 Å². The van der Waals surface area contributed by atoms with Gasteiger partial charge in [-0.05, 0) is 38.3 Å². The van der Waals surface area contributed by atoms with Crippen LogP contribution in [0, 0.1) is 5.92 Å². The topological polar surface area (TPSA) is 79.4 Å². The fourth-order valence-corrected chi connectivity index (χ4v) is 4.42. The van der Waals surface area contributed by atoms with Crippen molar-refractivity contribution < 1.29 is 13.2 Å². The first-order chi connectivity index (χ1) is 10.9. The zero-order valence-electron chi connectivity index (χ0n) is 13.3. The highest BCUT2D eigenvalue weighted by Crippen LogP contribution is 2.27. The van der Waals surface area contributed by atoms with Crippen molar-refractivity contribution in [3.8, 4) is 0 Å². The van der Waals surface area contributed by atoms with E-state index in [4.69, 9.17) is 11.6 Å². The van der Waals surface area contributed by atoms with E-state index in [0.29, 0.717) is 25.9 Å². The van der Waals surface area contributed by atoms with Gasteiger partial charge in [-0.2, -0.15) is 4.31 Å². The number of hydrogen-bond donors (Lipinski definition) is 1. The predicted octanol–water partition coefficient (Wildman–Crippen LogP) is 2.05. The molecule has 0 saturated carbocycles. The molecular formula is C15H22ClN3O3S. The summed E-state index contributed by atoms with van der Waals surface area (Å²) in [6.07, 6.45) is 3.35. The molecule has 1 unspecified atom stereocenters. The van der Waals surface area contributed by atoms with Crippen LogP contribution in [-0.4, -0.2) is 42.7 Å². The molecule has 128 valence electrons. The third kappa shape index (κ3) is 4.22. The molecule has 2 rings (SSSR count). The molecule has 1 fully saturated rings. The highest BCUT2D eigenvalue weighted by molar-refractivity contribution is 7.89. The Balaban J connectivity index is 2.02. The minimum atomic E-state index is -3.66. The molecule has 1 atom stereocenters. The van der Waals surface area contributed by atoms with Gasteiger partial charge in [-0.3, -0.25) is 4.79 Å². The van der Waals surface area contributed by atoms with Crippen molar-refractivity contribution in [3.63, 3.8) is 0 Å². The molecule has 1 aromatic heterocycles. The number of nitrogens with zero attached hydrogens (tertiary/aromatic N) is 2. The molecule has 2 heterocycles. The van der Waals surface area contributed by atoms with E-state index in [-0.39, 0.29) is 27.9 Å². The third-order valence-electron chi connectivity index (χ3n) is 4.17. The predicted molar refractivity (Wildman–Crippen MR) is 88.6 cm³/mol. The number of aromatic nitrogens is 1. The van der Waals surface area contributed by atoms with E-state index in [9.17, 15) is 13.2 Å². The molecule has 0 aromatic carbocycles. The Morgan fingerprint density at radius 1 is 1.48 bits per heavy atom.